The van der Waals surface area contributed by atoms with Crippen molar-refractivity contribution in [3.05, 3.63) is 60.2 Å². The van der Waals surface area contributed by atoms with Crippen LogP contribution in [-0.4, -0.2) is 13.2 Å². The summed E-state index contributed by atoms with van der Waals surface area (Å²) in [5.41, 5.74) is 2.80. The third-order valence-electron chi connectivity index (χ3n) is 3.14. The van der Waals surface area contributed by atoms with Crippen LogP contribution < -0.4 is 0 Å². The van der Waals surface area contributed by atoms with Crippen molar-refractivity contribution in [2.75, 3.05) is 13.2 Å². The van der Waals surface area contributed by atoms with E-state index in [0.717, 1.165) is 5.57 Å². The van der Waals surface area contributed by atoms with Crippen LogP contribution in [0.5, 0.6) is 0 Å². The molecule has 0 aliphatic heterocycles. The van der Waals surface area contributed by atoms with E-state index in [2.05, 4.69) is 49.1 Å². The predicted octanol–water partition coefficient (Wildman–Crippen LogP) is 3.87. The first kappa shape index (κ1) is 12.1. The number of ether oxygens (including phenoxy) is 1. The molecule has 0 spiro atoms. The zero-order valence-electron chi connectivity index (χ0n) is 10.5. The maximum Gasteiger partial charge on any atom is 0.0675 e. The molecular formula is C16H20O. The van der Waals surface area contributed by atoms with Crippen molar-refractivity contribution in [1.29, 1.82) is 0 Å². The van der Waals surface area contributed by atoms with Crippen LogP contribution in [-0.2, 0) is 10.2 Å². The van der Waals surface area contributed by atoms with Crippen LogP contribution >= 0.6 is 0 Å². The quantitative estimate of drug-likeness (QED) is 0.530. The van der Waals surface area contributed by atoms with E-state index in [0.29, 0.717) is 18.6 Å². The summed E-state index contributed by atoms with van der Waals surface area (Å²) in [6, 6.07) is 10.7. The summed E-state index contributed by atoms with van der Waals surface area (Å²) in [7, 11) is 0. The molecule has 1 heteroatoms. The van der Waals surface area contributed by atoms with Gasteiger partial charge in [-0.25, -0.2) is 0 Å². The SMILES string of the molecule is C=C(C)COC/C=C/C1(c2ccccc2)CC1. The van der Waals surface area contributed by atoms with Gasteiger partial charge in [0.1, 0.15) is 0 Å². The molecule has 0 bridgehead atoms. The van der Waals surface area contributed by atoms with Crippen LogP contribution in [0.4, 0.5) is 0 Å². The molecule has 17 heavy (non-hydrogen) atoms. The summed E-state index contributed by atoms with van der Waals surface area (Å²) < 4.78 is 5.47. The van der Waals surface area contributed by atoms with Crippen LogP contribution in [0.1, 0.15) is 25.3 Å². The van der Waals surface area contributed by atoms with Gasteiger partial charge in [0.15, 0.2) is 0 Å². The molecule has 1 saturated carbocycles. The van der Waals surface area contributed by atoms with Crippen LogP contribution in [0, 0.1) is 0 Å². The van der Waals surface area contributed by atoms with Gasteiger partial charge in [-0.15, -0.1) is 0 Å². The Morgan fingerprint density at radius 2 is 2.06 bits per heavy atom. The molecule has 0 unspecified atom stereocenters. The Labute approximate surface area is 104 Å². The van der Waals surface area contributed by atoms with Crippen molar-refractivity contribution in [1.82, 2.24) is 0 Å². The molecule has 1 nitrogen and oxygen atoms in total. The van der Waals surface area contributed by atoms with E-state index < -0.39 is 0 Å². The predicted molar refractivity (Wildman–Crippen MR) is 72.1 cm³/mol. The average Bonchev–Trinajstić information content (AvgIpc) is 3.11. The topological polar surface area (TPSA) is 9.23 Å². The summed E-state index contributed by atoms with van der Waals surface area (Å²) in [5.74, 6) is 0. The summed E-state index contributed by atoms with van der Waals surface area (Å²) in [4.78, 5) is 0. The minimum Gasteiger partial charge on any atom is -0.373 e. The lowest BCUT2D eigenvalue weighted by molar-refractivity contribution is 0.187. The molecule has 0 amide bonds. The van der Waals surface area contributed by atoms with E-state index in [1.54, 1.807) is 0 Å². The Balaban J connectivity index is 1.86. The van der Waals surface area contributed by atoms with Gasteiger partial charge < -0.3 is 4.74 Å². The number of rotatable bonds is 6. The van der Waals surface area contributed by atoms with Crippen molar-refractivity contribution in [2.45, 2.75) is 25.2 Å². The second-order valence-electron chi connectivity index (χ2n) is 4.90. The molecule has 2 rings (SSSR count). The van der Waals surface area contributed by atoms with E-state index in [-0.39, 0.29) is 0 Å². The number of benzene rings is 1. The maximum atomic E-state index is 5.47. The van der Waals surface area contributed by atoms with Crippen LogP contribution in [0.25, 0.3) is 0 Å². The Morgan fingerprint density at radius 1 is 1.35 bits per heavy atom. The van der Waals surface area contributed by atoms with E-state index in [1.807, 2.05) is 6.92 Å². The number of hydrogen-bond donors (Lipinski definition) is 0. The highest BCUT2D eigenvalue weighted by Crippen LogP contribution is 2.49. The van der Waals surface area contributed by atoms with Crippen molar-refractivity contribution in [2.24, 2.45) is 0 Å². The fourth-order valence-electron chi connectivity index (χ4n) is 2.03. The van der Waals surface area contributed by atoms with Crippen molar-refractivity contribution < 1.29 is 4.74 Å². The Hall–Kier alpha value is -1.34. The second kappa shape index (κ2) is 5.33. The molecule has 0 saturated heterocycles. The van der Waals surface area contributed by atoms with Gasteiger partial charge in [-0.1, -0.05) is 54.6 Å². The van der Waals surface area contributed by atoms with Crippen LogP contribution in [0.3, 0.4) is 0 Å². The third-order valence-corrected chi connectivity index (χ3v) is 3.14. The summed E-state index contributed by atoms with van der Waals surface area (Å²) in [5, 5.41) is 0. The van der Waals surface area contributed by atoms with Gasteiger partial charge in [-0.3, -0.25) is 0 Å². The lowest BCUT2D eigenvalue weighted by atomic mass is 9.96. The first-order chi connectivity index (χ1) is 8.23. The highest BCUT2D eigenvalue weighted by Gasteiger charge is 2.41. The van der Waals surface area contributed by atoms with Gasteiger partial charge in [-0.05, 0) is 25.3 Å². The lowest BCUT2D eigenvalue weighted by Crippen LogP contribution is -2.02. The summed E-state index contributed by atoms with van der Waals surface area (Å²) in [6.07, 6.45) is 6.96. The molecule has 0 heterocycles. The lowest BCUT2D eigenvalue weighted by Gasteiger charge is -2.10. The molecule has 0 aromatic heterocycles. The second-order valence-corrected chi connectivity index (χ2v) is 4.90. The number of hydrogen-bond acceptors (Lipinski definition) is 1. The molecule has 1 aromatic rings. The molecule has 1 aliphatic carbocycles. The minimum absolute atomic E-state index is 0.299. The van der Waals surface area contributed by atoms with Gasteiger partial charge >= 0.3 is 0 Å². The highest BCUT2D eigenvalue weighted by atomic mass is 16.5. The largest absolute Gasteiger partial charge is 0.373 e. The van der Waals surface area contributed by atoms with Gasteiger partial charge in [0.05, 0.1) is 13.2 Å². The number of allylic oxidation sites excluding steroid dienone is 1. The smallest absolute Gasteiger partial charge is 0.0675 e. The molecule has 0 atom stereocenters. The Morgan fingerprint density at radius 3 is 2.65 bits per heavy atom. The molecule has 0 radical (unpaired) electrons. The highest BCUT2D eigenvalue weighted by molar-refractivity contribution is 5.36. The molecule has 90 valence electrons. The van der Waals surface area contributed by atoms with Crippen molar-refractivity contribution in [3.8, 4) is 0 Å². The fraction of sp³-hybridized carbons (Fsp3) is 0.375. The van der Waals surface area contributed by atoms with Gasteiger partial charge in [-0.2, -0.15) is 0 Å². The maximum absolute atomic E-state index is 5.47. The van der Waals surface area contributed by atoms with E-state index in [9.17, 15) is 0 Å². The summed E-state index contributed by atoms with van der Waals surface area (Å²) >= 11 is 0. The molecular weight excluding hydrogens is 208 g/mol. The standard InChI is InChI=1S/C16H20O/c1-14(2)13-17-12-6-9-16(10-11-16)15-7-4-3-5-8-15/h3-9H,1,10-13H2,2H3/b9-6+. The molecule has 1 aliphatic rings. The van der Waals surface area contributed by atoms with Crippen molar-refractivity contribution in [3.63, 3.8) is 0 Å². The van der Waals surface area contributed by atoms with E-state index in [1.165, 1.54) is 18.4 Å². The Bertz CT molecular complexity index is 399. The molecule has 1 aromatic carbocycles. The monoisotopic (exact) mass is 228 g/mol. The van der Waals surface area contributed by atoms with Gasteiger partial charge in [0.25, 0.3) is 0 Å². The third kappa shape index (κ3) is 3.31. The van der Waals surface area contributed by atoms with Gasteiger partial charge in [0, 0.05) is 5.41 Å². The fourth-order valence-corrected chi connectivity index (χ4v) is 2.03. The normalized spacial score (nSPS) is 17.2. The van der Waals surface area contributed by atoms with Crippen LogP contribution in [0.15, 0.2) is 54.6 Å². The molecule has 0 N–H and O–H groups in total. The first-order valence-corrected chi connectivity index (χ1v) is 6.18. The van der Waals surface area contributed by atoms with E-state index >= 15 is 0 Å². The Kier molecular flexibility index (Phi) is 3.80. The van der Waals surface area contributed by atoms with Crippen LogP contribution in [0.2, 0.25) is 0 Å². The first-order valence-electron chi connectivity index (χ1n) is 6.18. The van der Waals surface area contributed by atoms with Gasteiger partial charge in [0.2, 0.25) is 0 Å². The van der Waals surface area contributed by atoms with E-state index in [4.69, 9.17) is 4.74 Å². The average molecular weight is 228 g/mol. The molecule has 1 fully saturated rings. The van der Waals surface area contributed by atoms with Crippen molar-refractivity contribution >= 4 is 0 Å². The zero-order valence-corrected chi connectivity index (χ0v) is 10.5. The zero-order chi connectivity index (χ0) is 12.1. The summed E-state index contributed by atoms with van der Waals surface area (Å²) in [6.45, 7) is 7.13. The minimum atomic E-state index is 0.299.